The van der Waals surface area contributed by atoms with Crippen molar-refractivity contribution in [2.75, 3.05) is 6.26 Å². The molecule has 5 heteroatoms. The molecule has 74 valence electrons. The Kier molecular flexibility index (Phi) is 3.43. The Bertz CT molecular complexity index is 509. The minimum absolute atomic E-state index is 0.341. The lowest BCUT2D eigenvalue weighted by atomic mass is 10.2. The lowest BCUT2D eigenvalue weighted by Gasteiger charge is -1.95. The summed E-state index contributed by atoms with van der Waals surface area (Å²) in [6, 6.07) is 4.68. The average molecular weight is 249 g/mol. The molecule has 14 heavy (non-hydrogen) atoms. The number of benzene rings is 1. The summed E-state index contributed by atoms with van der Waals surface area (Å²) >= 11 is 11.4. The fourth-order valence-electron chi connectivity index (χ4n) is 0.739. The standard InChI is InChI=1S/C9H6Cl2O2S/c1-14(12,13)5-4-7-2-3-8(10)6-9(7)11/h2-3,6H,1H3. The van der Waals surface area contributed by atoms with E-state index in [1.165, 1.54) is 6.07 Å². The van der Waals surface area contributed by atoms with Crippen molar-refractivity contribution in [3.05, 3.63) is 33.8 Å². The van der Waals surface area contributed by atoms with Gasteiger partial charge in [0.15, 0.2) is 0 Å². The van der Waals surface area contributed by atoms with Gasteiger partial charge in [0.2, 0.25) is 9.84 Å². The first kappa shape index (κ1) is 11.4. The Morgan fingerprint density at radius 2 is 1.93 bits per heavy atom. The Balaban J connectivity index is 3.15. The highest BCUT2D eigenvalue weighted by Gasteiger charge is 1.98. The molecule has 0 spiro atoms. The zero-order valence-electron chi connectivity index (χ0n) is 7.21. The minimum Gasteiger partial charge on any atom is -0.216 e. The Morgan fingerprint density at radius 3 is 2.43 bits per heavy atom. The first-order chi connectivity index (χ1) is 6.38. The molecule has 1 aromatic carbocycles. The van der Waals surface area contributed by atoms with Gasteiger partial charge in [-0.05, 0) is 24.1 Å². The fraction of sp³-hybridized carbons (Fsp3) is 0.111. The van der Waals surface area contributed by atoms with Crippen molar-refractivity contribution in [3.8, 4) is 11.2 Å². The van der Waals surface area contributed by atoms with Crippen LogP contribution in [-0.2, 0) is 9.84 Å². The average Bonchev–Trinajstić information content (AvgIpc) is 2.00. The molecule has 0 radical (unpaired) electrons. The topological polar surface area (TPSA) is 34.1 Å². The molecule has 0 heterocycles. The van der Waals surface area contributed by atoms with Crippen molar-refractivity contribution in [2.45, 2.75) is 0 Å². The van der Waals surface area contributed by atoms with Crippen molar-refractivity contribution in [3.63, 3.8) is 0 Å². The van der Waals surface area contributed by atoms with Gasteiger partial charge in [-0.1, -0.05) is 23.2 Å². The molecule has 0 bridgehead atoms. The normalized spacial score (nSPS) is 10.5. The number of sulfone groups is 1. The van der Waals surface area contributed by atoms with Crippen LogP contribution < -0.4 is 0 Å². The largest absolute Gasteiger partial charge is 0.216 e. The predicted octanol–water partition coefficient (Wildman–Crippen LogP) is 2.35. The maximum atomic E-state index is 10.7. The summed E-state index contributed by atoms with van der Waals surface area (Å²) < 4.78 is 21.5. The highest BCUT2D eigenvalue weighted by molar-refractivity contribution is 7.95. The van der Waals surface area contributed by atoms with Crippen LogP contribution in [0.3, 0.4) is 0 Å². The van der Waals surface area contributed by atoms with E-state index in [9.17, 15) is 8.42 Å². The molecular formula is C9H6Cl2O2S. The number of halogens is 2. The van der Waals surface area contributed by atoms with Gasteiger partial charge in [0.05, 0.1) is 11.3 Å². The van der Waals surface area contributed by atoms with Crippen LogP contribution in [-0.4, -0.2) is 14.7 Å². The molecule has 0 aliphatic rings. The van der Waals surface area contributed by atoms with E-state index in [4.69, 9.17) is 23.2 Å². The van der Waals surface area contributed by atoms with Gasteiger partial charge in [0.25, 0.3) is 0 Å². The predicted molar refractivity (Wildman–Crippen MR) is 58.2 cm³/mol. The smallest absolute Gasteiger partial charge is 0.214 e. The van der Waals surface area contributed by atoms with Gasteiger partial charge in [0.1, 0.15) is 0 Å². The third-order valence-electron chi connectivity index (χ3n) is 1.30. The van der Waals surface area contributed by atoms with Gasteiger partial charge >= 0.3 is 0 Å². The third kappa shape index (κ3) is 3.59. The van der Waals surface area contributed by atoms with Gasteiger partial charge in [-0.3, -0.25) is 0 Å². The first-order valence-electron chi connectivity index (χ1n) is 3.56. The molecule has 0 N–H and O–H groups in total. The molecule has 0 saturated heterocycles. The van der Waals surface area contributed by atoms with E-state index in [-0.39, 0.29) is 0 Å². The zero-order valence-corrected chi connectivity index (χ0v) is 9.54. The number of hydrogen-bond acceptors (Lipinski definition) is 2. The van der Waals surface area contributed by atoms with E-state index in [2.05, 4.69) is 11.2 Å². The molecule has 0 aromatic heterocycles. The van der Waals surface area contributed by atoms with Gasteiger partial charge in [0, 0.05) is 15.8 Å². The van der Waals surface area contributed by atoms with Crippen molar-refractivity contribution in [2.24, 2.45) is 0 Å². The highest BCUT2D eigenvalue weighted by atomic mass is 35.5. The van der Waals surface area contributed by atoms with E-state index in [0.717, 1.165) is 6.26 Å². The van der Waals surface area contributed by atoms with Crippen molar-refractivity contribution < 1.29 is 8.42 Å². The van der Waals surface area contributed by atoms with Crippen molar-refractivity contribution in [1.29, 1.82) is 0 Å². The second-order valence-corrected chi connectivity index (χ2v) is 5.22. The molecule has 2 nitrogen and oxygen atoms in total. The molecule has 1 aromatic rings. The molecule has 0 aliphatic carbocycles. The van der Waals surface area contributed by atoms with Crippen LogP contribution in [0.15, 0.2) is 18.2 Å². The van der Waals surface area contributed by atoms with Crippen LogP contribution in [0.1, 0.15) is 5.56 Å². The summed E-state index contributed by atoms with van der Waals surface area (Å²) in [6.45, 7) is 0. The summed E-state index contributed by atoms with van der Waals surface area (Å²) in [6.07, 6.45) is 1.03. The fourth-order valence-corrected chi connectivity index (χ4v) is 1.49. The maximum Gasteiger partial charge on any atom is 0.214 e. The van der Waals surface area contributed by atoms with E-state index >= 15 is 0 Å². The molecule has 0 saturated carbocycles. The third-order valence-corrected chi connectivity index (χ3v) is 2.32. The summed E-state index contributed by atoms with van der Waals surface area (Å²) in [7, 11) is -3.30. The number of rotatable bonds is 0. The Labute approximate surface area is 92.8 Å². The molecule has 0 atom stereocenters. The second kappa shape index (κ2) is 4.22. The van der Waals surface area contributed by atoms with Crippen LogP contribution in [0.4, 0.5) is 0 Å². The second-order valence-electron chi connectivity index (χ2n) is 2.62. The van der Waals surface area contributed by atoms with Crippen LogP contribution in [0.5, 0.6) is 0 Å². The van der Waals surface area contributed by atoms with E-state index < -0.39 is 9.84 Å². The molecule has 0 fully saturated rings. The van der Waals surface area contributed by atoms with Crippen LogP contribution in [0.25, 0.3) is 0 Å². The van der Waals surface area contributed by atoms with E-state index in [1.807, 2.05) is 0 Å². The number of hydrogen-bond donors (Lipinski definition) is 0. The summed E-state index contributed by atoms with van der Waals surface area (Å²) in [5.41, 5.74) is 0.446. The summed E-state index contributed by atoms with van der Waals surface area (Å²) in [5, 5.41) is 2.92. The first-order valence-corrected chi connectivity index (χ1v) is 6.21. The van der Waals surface area contributed by atoms with Gasteiger partial charge in [-0.15, -0.1) is 0 Å². The molecule has 0 aliphatic heterocycles. The van der Waals surface area contributed by atoms with Crippen LogP contribution in [0, 0.1) is 11.2 Å². The van der Waals surface area contributed by atoms with E-state index in [1.54, 1.807) is 12.1 Å². The van der Waals surface area contributed by atoms with E-state index in [0.29, 0.717) is 15.6 Å². The van der Waals surface area contributed by atoms with Crippen molar-refractivity contribution in [1.82, 2.24) is 0 Å². The zero-order chi connectivity index (χ0) is 10.8. The van der Waals surface area contributed by atoms with Crippen molar-refractivity contribution >= 4 is 33.0 Å². The molecular weight excluding hydrogens is 243 g/mol. The Hall–Kier alpha value is -0.690. The van der Waals surface area contributed by atoms with Gasteiger partial charge in [-0.25, -0.2) is 8.42 Å². The quantitative estimate of drug-likeness (QED) is 0.661. The van der Waals surface area contributed by atoms with Crippen LogP contribution in [0.2, 0.25) is 10.0 Å². The molecule has 0 amide bonds. The molecule has 0 unspecified atom stereocenters. The lowest BCUT2D eigenvalue weighted by Crippen LogP contribution is -1.89. The minimum atomic E-state index is -3.30. The molecule has 1 rings (SSSR count). The lowest BCUT2D eigenvalue weighted by molar-refractivity contribution is 0.611. The SMILES string of the molecule is CS(=O)(=O)C#Cc1ccc(Cl)cc1Cl. The summed E-state index contributed by atoms with van der Waals surface area (Å²) in [4.78, 5) is 0. The van der Waals surface area contributed by atoms with Gasteiger partial charge < -0.3 is 0 Å². The van der Waals surface area contributed by atoms with Crippen LogP contribution >= 0.6 is 23.2 Å². The Morgan fingerprint density at radius 1 is 1.29 bits per heavy atom. The maximum absolute atomic E-state index is 10.7. The summed E-state index contributed by atoms with van der Waals surface area (Å²) in [5.74, 6) is 2.45. The van der Waals surface area contributed by atoms with Gasteiger partial charge in [-0.2, -0.15) is 0 Å². The monoisotopic (exact) mass is 248 g/mol. The highest BCUT2D eigenvalue weighted by Crippen LogP contribution is 2.19.